The molecule has 2 saturated heterocycles. The SMILES string of the molecule is CC1CCCC(C)N1NC1CCN(C2CC2)C1. The number of piperidine rings is 1. The molecule has 3 unspecified atom stereocenters. The zero-order valence-corrected chi connectivity index (χ0v) is 11.4. The van der Waals surface area contributed by atoms with Crippen LogP contribution >= 0.6 is 0 Å². The van der Waals surface area contributed by atoms with E-state index in [2.05, 4.69) is 29.2 Å². The van der Waals surface area contributed by atoms with E-state index in [0.717, 1.165) is 6.04 Å². The summed E-state index contributed by atoms with van der Waals surface area (Å²) in [5.41, 5.74) is 3.82. The Morgan fingerprint density at radius 2 is 1.65 bits per heavy atom. The third-order valence-electron chi connectivity index (χ3n) is 4.81. The molecule has 1 N–H and O–H groups in total. The van der Waals surface area contributed by atoms with Crippen molar-refractivity contribution in [1.82, 2.24) is 15.3 Å². The molecule has 3 aliphatic rings. The second kappa shape index (κ2) is 4.87. The topological polar surface area (TPSA) is 18.5 Å². The smallest absolute Gasteiger partial charge is 0.0355 e. The minimum Gasteiger partial charge on any atom is -0.299 e. The van der Waals surface area contributed by atoms with Crippen molar-refractivity contribution in [2.24, 2.45) is 0 Å². The van der Waals surface area contributed by atoms with Crippen LogP contribution in [0.15, 0.2) is 0 Å². The molecule has 3 fully saturated rings. The van der Waals surface area contributed by atoms with Crippen LogP contribution in [-0.4, -0.2) is 47.2 Å². The normalized spacial score (nSPS) is 40.9. The summed E-state index contributed by atoms with van der Waals surface area (Å²) in [4.78, 5) is 2.69. The number of nitrogens with one attached hydrogen (secondary N) is 1. The van der Waals surface area contributed by atoms with Crippen molar-refractivity contribution < 1.29 is 0 Å². The molecule has 0 aromatic rings. The second-order valence-electron chi connectivity index (χ2n) is 6.38. The Bertz CT molecular complexity index is 254. The third-order valence-corrected chi connectivity index (χ3v) is 4.81. The van der Waals surface area contributed by atoms with Gasteiger partial charge in [0.25, 0.3) is 0 Å². The molecule has 1 aliphatic carbocycles. The van der Waals surface area contributed by atoms with Crippen molar-refractivity contribution in [2.75, 3.05) is 13.1 Å². The van der Waals surface area contributed by atoms with Crippen molar-refractivity contribution in [3.05, 3.63) is 0 Å². The molecule has 0 aromatic heterocycles. The van der Waals surface area contributed by atoms with Gasteiger partial charge in [-0.3, -0.25) is 10.3 Å². The van der Waals surface area contributed by atoms with Gasteiger partial charge in [0.2, 0.25) is 0 Å². The molecule has 3 atom stereocenters. The van der Waals surface area contributed by atoms with Gasteiger partial charge in [-0.25, -0.2) is 5.01 Å². The summed E-state index contributed by atoms with van der Waals surface area (Å²) < 4.78 is 0. The highest BCUT2D eigenvalue weighted by Gasteiger charge is 2.36. The highest BCUT2D eigenvalue weighted by molar-refractivity contribution is 4.92. The van der Waals surface area contributed by atoms with Crippen LogP contribution in [0.5, 0.6) is 0 Å². The summed E-state index contributed by atoms with van der Waals surface area (Å²) in [6.45, 7) is 7.34. The molecule has 0 spiro atoms. The minimum atomic E-state index is 0.707. The van der Waals surface area contributed by atoms with E-state index in [1.54, 1.807) is 0 Å². The van der Waals surface area contributed by atoms with Crippen LogP contribution < -0.4 is 5.43 Å². The first-order valence-corrected chi connectivity index (χ1v) is 7.52. The summed E-state index contributed by atoms with van der Waals surface area (Å²) in [5.74, 6) is 0. The van der Waals surface area contributed by atoms with Crippen LogP contribution in [0, 0.1) is 0 Å². The standard InChI is InChI=1S/C14H27N3/c1-11-4-3-5-12(2)17(11)15-13-8-9-16(10-13)14-6-7-14/h11-15H,3-10H2,1-2H3. The fourth-order valence-electron chi connectivity index (χ4n) is 3.55. The highest BCUT2D eigenvalue weighted by atomic mass is 15.6. The van der Waals surface area contributed by atoms with Crippen molar-refractivity contribution in [1.29, 1.82) is 0 Å². The van der Waals surface area contributed by atoms with Gasteiger partial charge in [0.05, 0.1) is 0 Å². The van der Waals surface area contributed by atoms with Gasteiger partial charge in [0.15, 0.2) is 0 Å². The molecule has 3 nitrogen and oxygen atoms in total. The molecular formula is C14H27N3. The second-order valence-corrected chi connectivity index (χ2v) is 6.38. The van der Waals surface area contributed by atoms with E-state index in [1.807, 2.05) is 0 Å². The lowest BCUT2D eigenvalue weighted by Gasteiger charge is -2.40. The molecule has 0 bridgehead atoms. The van der Waals surface area contributed by atoms with Crippen LogP contribution in [0.4, 0.5) is 0 Å². The van der Waals surface area contributed by atoms with Gasteiger partial charge in [0, 0.05) is 37.3 Å². The summed E-state index contributed by atoms with van der Waals surface area (Å²) in [6.07, 6.45) is 8.35. The average Bonchev–Trinajstić information content (AvgIpc) is 3.05. The van der Waals surface area contributed by atoms with Crippen LogP contribution in [0.1, 0.15) is 52.4 Å². The molecule has 3 rings (SSSR count). The van der Waals surface area contributed by atoms with Crippen LogP contribution in [-0.2, 0) is 0 Å². The quantitative estimate of drug-likeness (QED) is 0.810. The third kappa shape index (κ3) is 2.67. The van der Waals surface area contributed by atoms with Crippen molar-refractivity contribution in [2.45, 2.75) is 76.5 Å². The molecule has 3 heteroatoms. The van der Waals surface area contributed by atoms with E-state index in [9.17, 15) is 0 Å². The van der Waals surface area contributed by atoms with Gasteiger partial charge in [-0.2, -0.15) is 0 Å². The highest BCUT2D eigenvalue weighted by Crippen LogP contribution is 2.30. The van der Waals surface area contributed by atoms with Gasteiger partial charge < -0.3 is 0 Å². The molecule has 1 saturated carbocycles. The summed E-state index contributed by atoms with van der Waals surface area (Å²) >= 11 is 0. The lowest BCUT2D eigenvalue weighted by molar-refractivity contribution is 0.0307. The maximum absolute atomic E-state index is 3.82. The average molecular weight is 237 g/mol. The number of hydrogen-bond donors (Lipinski definition) is 1. The van der Waals surface area contributed by atoms with E-state index in [1.165, 1.54) is 51.6 Å². The lowest BCUT2D eigenvalue weighted by atomic mass is 10.00. The number of likely N-dealkylation sites (tertiary alicyclic amines) is 1. The molecule has 17 heavy (non-hydrogen) atoms. The monoisotopic (exact) mass is 237 g/mol. The molecule has 0 radical (unpaired) electrons. The first kappa shape index (κ1) is 11.9. The Kier molecular flexibility index (Phi) is 3.42. The van der Waals surface area contributed by atoms with Gasteiger partial charge in [0.1, 0.15) is 0 Å². The fourth-order valence-corrected chi connectivity index (χ4v) is 3.55. The van der Waals surface area contributed by atoms with Crippen molar-refractivity contribution in [3.8, 4) is 0 Å². The Labute approximate surface area is 106 Å². The van der Waals surface area contributed by atoms with Crippen LogP contribution in [0.3, 0.4) is 0 Å². The minimum absolute atomic E-state index is 0.707. The van der Waals surface area contributed by atoms with Crippen LogP contribution in [0.2, 0.25) is 0 Å². The Morgan fingerprint density at radius 1 is 0.941 bits per heavy atom. The van der Waals surface area contributed by atoms with E-state index in [0.29, 0.717) is 18.1 Å². The van der Waals surface area contributed by atoms with E-state index in [4.69, 9.17) is 0 Å². The predicted molar refractivity (Wildman–Crippen MR) is 70.7 cm³/mol. The molecular weight excluding hydrogens is 210 g/mol. The van der Waals surface area contributed by atoms with Gasteiger partial charge in [-0.1, -0.05) is 6.42 Å². The van der Waals surface area contributed by atoms with E-state index >= 15 is 0 Å². The zero-order valence-electron chi connectivity index (χ0n) is 11.4. The van der Waals surface area contributed by atoms with Gasteiger partial charge in [-0.05, 0) is 46.0 Å². The number of nitrogens with zero attached hydrogens (tertiary/aromatic N) is 2. The van der Waals surface area contributed by atoms with Crippen molar-refractivity contribution in [3.63, 3.8) is 0 Å². The number of hydrazine groups is 1. The van der Waals surface area contributed by atoms with Gasteiger partial charge >= 0.3 is 0 Å². The van der Waals surface area contributed by atoms with Gasteiger partial charge in [-0.15, -0.1) is 0 Å². The summed E-state index contributed by atoms with van der Waals surface area (Å²) in [7, 11) is 0. The fraction of sp³-hybridized carbons (Fsp3) is 1.00. The molecule has 98 valence electrons. The number of hydrogen-bond acceptors (Lipinski definition) is 3. The molecule has 2 aliphatic heterocycles. The maximum Gasteiger partial charge on any atom is 0.0355 e. The summed E-state index contributed by atoms with van der Waals surface area (Å²) in [6, 6.07) is 3.08. The first-order chi connectivity index (χ1) is 8.24. The molecule has 2 heterocycles. The Balaban J connectivity index is 1.51. The first-order valence-electron chi connectivity index (χ1n) is 7.52. The van der Waals surface area contributed by atoms with Crippen molar-refractivity contribution >= 4 is 0 Å². The Morgan fingerprint density at radius 3 is 2.29 bits per heavy atom. The Hall–Kier alpha value is -0.120. The maximum atomic E-state index is 3.82. The van der Waals surface area contributed by atoms with E-state index in [-0.39, 0.29) is 0 Å². The largest absolute Gasteiger partial charge is 0.299 e. The lowest BCUT2D eigenvalue weighted by Crippen LogP contribution is -2.56. The predicted octanol–water partition coefficient (Wildman–Crippen LogP) is 1.99. The number of rotatable bonds is 3. The molecule has 0 aromatic carbocycles. The summed E-state index contributed by atoms with van der Waals surface area (Å²) in [5, 5.41) is 2.55. The van der Waals surface area contributed by atoms with E-state index < -0.39 is 0 Å². The molecule has 0 amide bonds. The zero-order chi connectivity index (χ0) is 11.8. The van der Waals surface area contributed by atoms with Crippen LogP contribution in [0.25, 0.3) is 0 Å².